The summed E-state index contributed by atoms with van der Waals surface area (Å²) in [7, 11) is 0. The highest BCUT2D eigenvalue weighted by Crippen LogP contribution is 2.24. The van der Waals surface area contributed by atoms with Crippen LogP contribution in [0, 0.1) is 5.92 Å². The second-order valence-electron chi connectivity index (χ2n) is 6.01. The fraction of sp³-hybridized carbons (Fsp3) is 0.867. The van der Waals surface area contributed by atoms with E-state index in [1.165, 1.54) is 0 Å². The molecule has 6 nitrogen and oxygen atoms in total. The first-order chi connectivity index (χ1) is 10.1. The van der Waals surface area contributed by atoms with Gasteiger partial charge in [-0.2, -0.15) is 0 Å². The number of aliphatic carboxylic acids is 1. The molecule has 0 bridgehead atoms. The topological polar surface area (TPSA) is 84.9 Å². The highest BCUT2D eigenvalue weighted by Gasteiger charge is 2.28. The molecule has 1 saturated heterocycles. The van der Waals surface area contributed by atoms with E-state index in [9.17, 15) is 9.59 Å². The van der Waals surface area contributed by atoms with Crippen LogP contribution in [0.1, 0.15) is 45.4 Å². The van der Waals surface area contributed by atoms with E-state index in [1.54, 1.807) is 6.92 Å². The number of hydrogen-bond donors (Lipinski definition) is 2. The van der Waals surface area contributed by atoms with Crippen LogP contribution in [-0.2, 0) is 19.1 Å². The molecule has 2 aliphatic rings. The van der Waals surface area contributed by atoms with E-state index in [0.717, 1.165) is 32.3 Å². The van der Waals surface area contributed by atoms with Crippen molar-refractivity contribution in [3.8, 4) is 0 Å². The van der Waals surface area contributed by atoms with Crippen molar-refractivity contribution in [3.63, 3.8) is 0 Å². The van der Waals surface area contributed by atoms with Gasteiger partial charge >= 0.3 is 5.97 Å². The number of carboxylic acid groups (broad SMARTS) is 1. The van der Waals surface area contributed by atoms with Gasteiger partial charge in [0.1, 0.15) is 6.10 Å². The van der Waals surface area contributed by atoms with Crippen molar-refractivity contribution in [3.05, 3.63) is 0 Å². The summed E-state index contributed by atoms with van der Waals surface area (Å²) in [5.74, 6) is -1.11. The van der Waals surface area contributed by atoms with Gasteiger partial charge in [-0.1, -0.05) is 0 Å². The predicted octanol–water partition coefficient (Wildman–Crippen LogP) is 1.33. The lowest BCUT2D eigenvalue weighted by Crippen LogP contribution is -2.44. The number of hydrogen-bond acceptors (Lipinski definition) is 4. The van der Waals surface area contributed by atoms with Crippen molar-refractivity contribution < 1.29 is 24.2 Å². The van der Waals surface area contributed by atoms with Gasteiger partial charge in [0.2, 0.25) is 5.91 Å². The lowest BCUT2D eigenvalue weighted by molar-refractivity contribution is -0.143. The van der Waals surface area contributed by atoms with E-state index in [0.29, 0.717) is 19.4 Å². The lowest BCUT2D eigenvalue weighted by atomic mass is 9.86. The van der Waals surface area contributed by atoms with Crippen LogP contribution in [0.5, 0.6) is 0 Å². The van der Waals surface area contributed by atoms with Gasteiger partial charge in [-0.05, 0) is 45.4 Å². The van der Waals surface area contributed by atoms with Crippen molar-refractivity contribution in [2.75, 3.05) is 13.2 Å². The Bertz CT molecular complexity index is 359. The molecular formula is C15H25NO5. The van der Waals surface area contributed by atoms with E-state index in [-0.39, 0.29) is 24.0 Å². The number of carbonyl (C=O) groups excluding carboxylic acids is 1. The third-order valence-electron chi connectivity index (χ3n) is 4.35. The van der Waals surface area contributed by atoms with E-state index in [2.05, 4.69) is 5.32 Å². The summed E-state index contributed by atoms with van der Waals surface area (Å²) in [6, 6.07) is 0.0712. The molecule has 1 saturated carbocycles. The summed E-state index contributed by atoms with van der Waals surface area (Å²) in [4.78, 5) is 22.9. The first-order valence-electron chi connectivity index (χ1n) is 7.82. The Balaban J connectivity index is 1.65. The normalized spacial score (nSPS) is 30.8. The van der Waals surface area contributed by atoms with Gasteiger partial charge in [-0.15, -0.1) is 0 Å². The van der Waals surface area contributed by atoms with Crippen LogP contribution in [-0.4, -0.2) is 48.4 Å². The molecule has 120 valence electrons. The zero-order valence-corrected chi connectivity index (χ0v) is 12.5. The maximum Gasteiger partial charge on any atom is 0.306 e. The number of carbonyl (C=O) groups is 2. The van der Waals surface area contributed by atoms with Gasteiger partial charge in [0.25, 0.3) is 0 Å². The number of carboxylic acids is 1. The Hall–Kier alpha value is -1.14. The maximum atomic E-state index is 12.0. The molecule has 2 N–H and O–H groups in total. The molecule has 1 aliphatic heterocycles. The molecule has 2 atom stereocenters. The van der Waals surface area contributed by atoms with Gasteiger partial charge in [0, 0.05) is 12.6 Å². The van der Waals surface area contributed by atoms with Crippen molar-refractivity contribution in [2.24, 2.45) is 5.92 Å². The maximum absolute atomic E-state index is 12.0. The van der Waals surface area contributed by atoms with Crippen molar-refractivity contribution in [1.29, 1.82) is 0 Å². The quantitative estimate of drug-likeness (QED) is 0.773. The van der Waals surface area contributed by atoms with Crippen LogP contribution in [0.25, 0.3) is 0 Å². The Kier molecular flexibility index (Phi) is 5.99. The number of nitrogens with one attached hydrogen (secondary N) is 1. The largest absolute Gasteiger partial charge is 0.481 e. The average molecular weight is 299 g/mol. The monoisotopic (exact) mass is 299 g/mol. The zero-order valence-electron chi connectivity index (χ0n) is 12.5. The first-order valence-corrected chi connectivity index (χ1v) is 7.82. The third-order valence-corrected chi connectivity index (χ3v) is 4.35. The zero-order chi connectivity index (χ0) is 15.2. The Morgan fingerprint density at radius 1 is 1.29 bits per heavy atom. The van der Waals surface area contributed by atoms with Crippen molar-refractivity contribution >= 4 is 11.9 Å². The lowest BCUT2D eigenvalue weighted by Gasteiger charge is -2.28. The fourth-order valence-electron chi connectivity index (χ4n) is 2.91. The molecule has 1 amide bonds. The van der Waals surface area contributed by atoms with Gasteiger partial charge in [0.15, 0.2) is 0 Å². The summed E-state index contributed by atoms with van der Waals surface area (Å²) < 4.78 is 11.0. The minimum atomic E-state index is -0.729. The van der Waals surface area contributed by atoms with Gasteiger partial charge in [-0.3, -0.25) is 9.59 Å². The molecule has 0 spiro atoms. The van der Waals surface area contributed by atoms with Gasteiger partial charge in [0.05, 0.1) is 18.6 Å². The van der Waals surface area contributed by atoms with Gasteiger partial charge < -0.3 is 19.9 Å². The molecule has 2 fully saturated rings. The molecule has 1 heterocycles. The summed E-state index contributed by atoms with van der Waals surface area (Å²) in [6.07, 6.45) is 4.38. The molecule has 0 aromatic carbocycles. The van der Waals surface area contributed by atoms with Crippen LogP contribution < -0.4 is 5.32 Å². The van der Waals surface area contributed by atoms with E-state index >= 15 is 0 Å². The summed E-state index contributed by atoms with van der Waals surface area (Å²) in [5, 5.41) is 11.9. The summed E-state index contributed by atoms with van der Waals surface area (Å²) in [5.41, 5.74) is 0. The molecule has 2 rings (SSSR count). The highest BCUT2D eigenvalue weighted by molar-refractivity contribution is 5.80. The summed E-state index contributed by atoms with van der Waals surface area (Å²) >= 11 is 0. The molecule has 0 radical (unpaired) electrons. The third kappa shape index (κ3) is 4.97. The SMILES string of the molecule is CC(OCC1CCCO1)C(=O)NC1CCC(C(=O)O)CC1. The highest BCUT2D eigenvalue weighted by atomic mass is 16.5. The Morgan fingerprint density at radius 2 is 2.00 bits per heavy atom. The van der Waals surface area contributed by atoms with Crippen LogP contribution in [0.3, 0.4) is 0 Å². The molecule has 6 heteroatoms. The van der Waals surface area contributed by atoms with Crippen molar-refractivity contribution in [1.82, 2.24) is 5.32 Å². The molecule has 0 aromatic heterocycles. The van der Waals surface area contributed by atoms with Gasteiger partial charge in [-0.25, -0.2) is 0 Å². The standard InChI is InChI=1S/C15H25NO5/c1-10(21-9-13-3-2-8-20-13)14(17)16-12-6-4-11(5-7-12)15(18)19/h10-13H,2-9H2,1H3,(H,16,17)(H,18,19). The van der Waals surface area contributed by atoms with E-state index in [1.807, 2.05) is 0 Å². The van der Waals surface area contributed by atoms with Crippen LogP contribution in [0.4, 0.5) is 0 Å². The number of ether oxygens (including phenoxy) is 2. The molecular weight excluding hydrogens is 274 g/mol. The Morgan fingerprint density at radius 3 is 2.57 bits per heavy atom. The van der Waals surface area contributed by atoms with Crippen LogP contribution in [0.15, 0.2) is 0 Å². The second-order valence-corrected chi connectivity index (χ2v) is 6.01. The average Bonchev–Trinajstić information content (AvgIpc) is 2.98. The van der Waals surface area contributed by atoms with E-state index < -0.39 is 12.1 Å². The predicted molar refractivity (Wildman–Crippen MR) is 75.9 cm³/mol. The molecule has 0 aromatic rings. The Labute approximate surface area is 125 Å². The van der Waals surface area contributed by atoms with Crippen LogP contribution in [0.2, 0.25) is 0 Å². The second kappa shape index (κ2) is 7.75. The molecule has 1 aliphatic carbocycles. The molecule has 21 heavy (non-hydrogen) atoms. The van der Waals surface area contributed by atoms with Crippen LogP contribution >= 0.6 is 0 Å². The molecule has 2 unspecified atom stereocenters. The first kappa shape index (κ1) is 16.2. The van der Waals surface area contributed by atoms with Crippen molar-refractivity contribution in [2.45, 2.75) is 63.7 Å². The minimum Gasteiger partial charge on any atom is -0.481 e. The smallest absolute Gasteiger partial charge is 0.306 e. The minimum absolute atomic E-state index is 0.0712. The number of rotatable bonds is 6. The van der Waals surface area contributed by atoms with E-state index in [4.69, 9.17) is 14.6 Å². The fourth-order valence-corrected chi connectivity index (χ4v) is 2.91. The number of amides is 1. The summed E-state index contributed by atoms with van der Waals surface area (Å²) in [6.45, 7) is 2.98.